The fourth-order valence-corrected chi connectivity index (χ4v) is 5.12. The van der Waals surface area contributed by atoms with E-state index in [2.05, 4.69) is 15.0 Å². The van der Waals surface area contributed by atoms with Crippen LogP contribution in [0, 0.1) is 13.8 Å². The normalized spacial score (nSPS) is 11.4. The molecule has 0 atom stereocenters. The first-order valence-electron chi connectivity index (χ1n) is 9.74. The first-order chi connectivity index (χ1) is 14.4. The SMILES string of the molecule is Cc1ccccc1C(=O)c1cnc(NCCCCNS(=O)(=O)c2ccccc2C)s1. The number of nitrogens with zero attached hydrogens (tertiary/aromatic N) is 1. The van der Waals surface area contributed by atoms with Crippen molar-refractivity contribution < 1.29 is 13.2 Å². The van der Waals surface area contributed by atoms with Crippen LogP contribution >= 0.6 is 11.3 Å². The van der Waals surface area contributed by atoms with Crippen LogP contribution in [0.25, 0.3) is 0 Å². The van der Waals surface area contributed by atoms with Crippen molar-refractivity contribution in [1.82, 2.24) is 9.71 Å². The third-order valence-corrected chi connectivity index (χ3v) is 7.25. The van der Waals surface area contributed by atoms with Crippen LogP contribution in [0.2, 0.25) is 0 Å². The van der Waals surface area contributed by atoms with Crippen LogP contribution in [0.1, 0.15) is 39.2 Å². The summed E-state index contributed by atoms with van der Waals surface area (Å²) < 4.78 is 27.3. The van der Waals surface area contributed by atoms with Gasteiger partial charge in [0.25, 0.3) is 0 Å². The van der Waals surface area contributed by atoms with E-state index in [-0.39, 0.29) is 5.78 Å². The Balaban J connectivity index is 1.43. The molecule has 2 aromatic carbocycles. The van der Waals surface area contributed by atoms with Gasteiger partial charge in [-0.3, -0.25) is 4.79 Å². The molecule has 2 N–H and O–H groups in total. The lowest BCUT2D eigenvalue weighted by Gasteiger charge is -2.09. The minimum absolute atomic E-state index is 0.0238. The quantitative estimate of drug-likeness (QED) is 0.363. The minimum atomic E-state index is -3.48. The molecule has 6 nitrogen and oxygen atoms in total. The molecule has 0 saturated heterocycles. The Labute approximate surface area is 181 Å². The second-order valence-electron chi connectivity index (χ2n) is 6.97. The molecule has 0 spiro atoms. The van der Waals surface area contributed by atoms with Crippen LogP contribution in [0.4, 0.5) is 5.13 Å². The van der Waals surface area contributed by atoms with Gasteiger partial charge >= 0.3 is 0 Å². The molecule has 3 rings (SSSR count). The van der Waals surface area contributed by atoms with Crippen molar-refractivity contribution in [2.45, 2.75) is 31.6 Å². The molecule has 0 aliphatic rings. The molecule has 0 fully saturated rings. The zero-order valence-corrected chi connectivity index (χ0v) is 18.6. The van der Waals surface area contributed by atoms with Gasteiger partial charge < -0.3 is 5.32 Å². The van der Waals surface area contributed by atoms with Crippen molar-refractivity contribution in [1.29, 1.82) is 0 Å². The number of rotatable bonds is 10. The van der Waals surface area contributed by atoms with Crippen molar-refractivity contribution in [2.24, 2.45) is 0 Å². The smallest absolute Gasteiger partial charge is 0.240 e. The lowest BCUT2D eigenvalue weighted by molar-refractivity contribution is 0.104. The van der Waals surface area contributed by atoms with Gasteiger partial charge in [-0.2, -0.15) is 0 Å². The van der Waals surface area contributed by atoms with Crippen LogP contribution in [0.3, 0.4) is 0 Å². The van der Waals surface area contributed by atoms with Crippen LogP contribution in [-0.2, 0) is 10.0 Å². The Morgan fingerprint density at radius 3 is 2.37 bits per heavy atom. The predicted octanol–water partition coefficient (Wildman–Crippen LogP) is 4.16. The standard InChI is InChI=1S/C22H25N3O3S2/c1-16-9-3-5-11-18(16)21(26)19-15-24-22(29-19)23-13-7-8-14-25-30(27,28)20-12-6-4-10-17(20)2/h3-6,9-12,15,25H,7-8,13-14H2,1-2H3,(H,23,24). The van der Waals surface area contributed by atoms with Gasteiger partial charge in [0.1, 0.15) is 0 Å². The summed E-state index contributed by atoms with van der Waals surface area (Å²) >= 11 is 1.33. The fourth-order valence-electron chi connectivity index (χ4n) is 3.01. The average Bonchev–Trinajstić information content (AvgIpc) is 3.19. The fraction of sp³-hybridized carbons (Fsp3) is 0.273. The first-order valence-corrected chi connectivity index (χ1v) is 12.0. The van der Waals surface area contributed by atoms with Crippen molar-refractivity contribution in [3.63, 3.8) is 0 Å². The van der Waals surface area contributed by atoms with Gasteiger partial charge in [0.05, 0.1) is 16.0 Å². The largest absolute Gasteiger partial charge is 0.362 e. The van der Waals surface area contributed by atoms with Crippen LogP contribution in [0.5, 0.6) is 0 Å². The Morgan fingerprint density at radius 2 is 1.63 bits per heavy atom. The number of ketones is 1. The van der Waals surface area contributed by atoms with Gasteiger partial charge in [0.15, 0.2) is 5.13 Å². The van der Waals surface area contributed by atoms with Crippen molar-refractivity contribution in [3.8, 4) is 0 Å². The number of carbonyl (C=O) groups excluding carboxylic acids is 1. The third kappa shape index (κ3) is 5.53. The lowest BCUT2D eigenvalue weighted by Crippen LogP contribution is -2.25. The summed E-state index contributed by atoms with van der Waals surface area (Å²) in [7, 11) is -3.48. The minimum Gasteiger partial charge on any atom is -0.362 e. The Hall–Kier alpha value is -2.55. The lowest BCUT2D eigenvalue weighted by atomic mass is 10.0. The summed E-state index contributed by atoms with van der Waals surface area (Å²) in [4.78, 5) is 17.8. The highest BCUT2D eigenvalue weighted by Gasteiger charge is 2.16. The zero-order chi connectivity index (χ0) is 21.6. The third-order valence-electron chi connectivity index (χ3n) is 4.67. The average molecular weight is 444 g/mol. The number of aryl methyl sites for hydroxylation is 2. The number of carbonyl (C=O) groups is 1. The number of thiazole rings is 1. The molecule has 0 radical (unpaired) electrons. The molecule has 3 aromatic rings. The molecular formula is C22H25N3O3S2. The van der Waals surface area contributed by atoms with E-state index in [0.717, 1.165) is 17.5 Å². The highest BCUT2D eigenvalue weighted by molar-refractivity contribution is 7.89. The zero-order valence-electron chi connectivity index (χ0n) is 17.0. The molecule has 0 bridgehead atoms. The van der Waals surface area contributed by atoms with E-state index in [0.29, 0.717) is 40.0 Å². The molecule has 0 aliphatic heterocycles. The summed E-state index contributed by atoms with van der Waals surface area (Å²) in [6, 6.07) is 14.4. The maximum atomic E-state index is 12.6. The number of benzene rings is 2. The Bertz CT molecular complexity index is 1120. The second-order valence-corrected chi connectivity index (χ2v) is 9.74. The van der Waals surface area contributed by atoms with Gasteiger partial charge in [-0.15, -0.1) is 0 Å². The van der Waals surface area contributed by atoms with E-state index in [1.807, 2.05) is 37.3 Å². The van der Waals surface area contributed by atoms with Crippen molar-refractivity contribution in [3.05, 3.63) is 76.3 Å². The highest BCUT2D eigenvalue weighted by Crippen LogP contribution is 2.22. The number of anilines is 1. The van der Waals surface area contributed by atoms with Gasteiger partial charge in [-0.25, -0.2) is 18.1 Å². The highest BCUT2D eigenvalue weighted by atomic mass is 32.2. The molecular weight excluding hydrogens is 418 g/mol. The van der Waals surface area contributed by atoms with Gasteiger partial charge in [-0.05, 0) is 43.9 Å². The number of aromatic nitrogens is 1. The molecule has 158 valence electrons. The number of hydrogen-bond donors (Lipinski definition) is 2. The molecule has 1 heterocycles. The molecule has 0 amide bonds. The van der Waals surface area contributed by atoms with Crippen molar-refractivity contribution in [2.75, 3.05) is 18.4 Å². The summed E-state index contributed by atoms with van der Waals surface area (Å²) in [6.45, 7) is 4.72. The summed E-state index contributed by atoms with van der Waals surface area (Å²) in [6.07, 6.45) is 3.06. The molecule has 0 unspecified atom stereocenters. The van der Waals surface area contributed by atoms with Crippen LogP contribution in [-0.4, -0.2) is 32.3 Å². The molecule has 0 aliphatic carbocycles. The first kappa shape index (κ1) is 22.1. The van der Waals surface area contributed by atoms with E-state index < -0.39 is 10.0 Å². The number of sulfonamides is 1. The molecule has 0 saturated carbocycles. The van der Waals surface area contributed by atoms with E-state index in [1.54, 1.807) is 31.3 Å². The maximum absolute atomic E-state index is 12.6. The predicted molar refractivity (Wildman–Crippen MR) is 121 cm³/mol. The molecule has 8 heteroatoms. The molecule has 1 aromatic heterocycles. The van der Waals surface area contributed by atoms with E-state index in [9.17, 15) is 13.2 Å². The van der Waals surface area contributed by atoms with Gasteiger partial charge in [0, 0.05) is 18.7 Å². The topological polar surface area (TPSA) is 88.2 Å². The van der Waals surface area contributed by atoms with E-state index in [1.165, 1.54) is 11.3 Å². The summed E-state index contributed by atoms with van der Waals surface area (Å²) in [5, 5.41) is 3.89. The van der Waals surface area contributed by atoms with Gasteiger partial charge in [0.2, 0.25) is 15.8 Å². The monoisotopic (exact) mass is 443 g/mol. The van der Waals surface area contributed by atoms with Gasteiger partial charge in [-0.1, -0.05) is 53.8 Å². The van der Waals surface area contributed by atoms with Crippen LogP contribution < -0.4 is 10.0 Å². The molecule has 30 heavy (non-hydrogen) atoms. The number of hydrogen-bond acceptors (Lipinski definition) is 6. The van der Waals surface area contributed by atoms with E-state index in [4.69, 9.17) is 0 Å². The number of nitrogens with one attached hydrogen (secondary N) is 2. The summed E-state index contributed by atoms with van der Waals surface area (Å²) in [5.74, 6) is -0.0238. The van der Waals surface area contributed by atoms with E-state index >= 15 is 0 Å². The van der Waals surface area contributed by atoms with Crippen LogP contribution in [0.15, 0.2) is 59.6 Å². The Morgan fingerprint density at radius 1 is 0.967 bits per heavy atom. The number of unbranched alkanes of at least 4 members (excludes halogenated alkanes) is 1. The maximum Gasteiger partial charge on any atom is 0.240 e. The van der Waals surface area contributed by atoms with Crippen molar-refractivity contribution >= 4 is 32.3 Å². The Kier molecular flexibility index (Phi) is 7.36. The second kappa shape index (κ2) is 9.97. The summed E-state index contributed by atoms with van der Waals surface area (Å²) in [5.41, 5.74) is 2.36.